The van der Waals surface area contributed by atoms with Crippen molar-refractivity contribution in [2.45, 2.75) is 6.04 Å². The minimum Gasteiger partial charge on any atom is -0.507 e. The van der Waals surface area contributed by atoms with Gasteiger partial charge in [-0.05, 0) is 23.8 Å². The van der Waals surface area contributed by atoms with Gasteiger partial charge in [-0.3, -0.25) is 14.5 Å². The van der Waals surface area contributed by atoms with Crippen molar-refractivity contribution >= 4 is 46.3 Å². The maximum Gasteiger partial charge on any atom is 0.300 e. The second kappa shape index (κ2) is 9.17. The summed E-state index contributed by atoms with van der Waals surface area (Å²) >= 11 is 12.7. The second-order valence-corrected chi connectivity index (χ2v) is 7.99. The average Bonchev–Trinajstić information content (AvgIpc) is 3.10. The van der Waals surface area contributed by atoms with Crippen molar-refractivity contribution in [3.8, 4) is 11.5 Å². The molecule has 1 saturated heterocycles. The van der Waals surface area contributed by atoms with Gasteiger partial charge in [0.25, 0.3) is 11.7 Å². The van der Waals surface area contributed by atoms with E-state index in [0.717, 1.165) is 0 Å². The number of para-hydroxylation sites is 1. The van der Waals surface area contributed by atoms with Gasteiger partial charge in [0, 0.05) is 5.69 Å². The Hall–Kier alpha value is -3.48. The predicted octanol–water partition coefficient (Wildman–Crippen LogP) is 5.64. The van der Waals surface area contributed by atoms with E-state index in [1.807, 2.05) is 12.1 Å². The van der Waals surface area contributed by atoms with Crippen LogP contribution in [-0.2, 0) is 9.59 Å². The molecule has 168 valence electrons. The minimum absolute atomic E-state index is 0.0302. The van der Waals surface area contributed by atoms with Gasteiger partial charge >= 0.3 is 0 Å². The zero-order valence-corrected chi connectivity index (χ0v) is 19.2. The molecule has 0 spiro atoms. The Balaban J connectivity index is 2.01. The summed E-state index contributed by atoms with van der Waals surface area (Å²) in [7, 11) is 2.76. The number of ketones is 1. The summed E-state index contributed by atoms with van der Waals surface area (Å²) in [5.41, 5.74) is 1.13. The summed E-state index contributed by atoms with van der Waals surface area (Å²) in [4.78, 5) is 27.8. The van der Waals surface area contributed by atoms with Gasteiger partial charge < -0.3 is 14.6 Å². The van der Waals surface area contributed by atoms with E-state index >= 15 is 0 Å². The fraction of sp³-hybridized carbons (Fsp3) is 0.120. The Bertz CT molecular complexity index is 1260. The fourth-order valence-electron chi connectivity index (χ4n) is 3.93. The molecule has 33 heavy (non-hydrogen) atoms. The third kappa shape index (κ3) is 3.81. The average molecular weight is 484 g/mol. The number of aliphatic hydroxyl groups is 1. The molecular formula is C25H19Cl2NO5. The van der Waals surface area contributed by atoms with Crippen LogP contribution in [0.1, 0.15) is 17.2 Å². The molecule has 1 N–H and O–H groups in total. The molecule has 3 aromatic carbocycles. The van der Waals surface area contributed by atoms with Crippen LogP contribution in [0.4, 0.5) is 5.69 Å². The highest BCUT2D eigenvalue weighted by molar-refractivity contribution is 6.52. The van der Waals surface area contributed by atoms with E-state index in [4.69, 9.17) is 32.7 Å². The molecule has 1 unspecified atom stereocenters. The smallest absolute Gasteiger partial charge is 0.300 e. The number of anilines is 1. The van der Waals surface area contributed by atoms with Crippen LogP contribution in [0.15, 0.2) is 72.3 Å². The number of ether oxygens (including phenoxy) is 2. The van der Waals surface area contributed by atoms with E-state index in [0.29, 0.717) is 11.3 Å². The highest BCUT2D eigenvalue weighted by Crippen LogP contribution is 2.47. The van der Waals surface area contributed by atoms with Crippen molar-refractivity contribution < 1.29 is 24.2 Å². The van der Waals surface area contributed by atoms with E-state index in [9.17, 15) is 14.7 Å². The van der Waals surface area contributed by atoms with Crippen molar-refractivity contribution in [3.63, 3.8) is 0 Å². The van der Waals surface area contributed by atoms with Crippen molar-refractivity contribution in [2.24, 2.45) is 0 Å². The summed E-state index contributed by atoms with van der Waals surface area (Å²) in [5, 5.41) is 11.5. The Morgan fingerprint density at radius 2 is 1.48 bits per heavy atom. The van der Waals surface area contributed by atoms with Gasteiger partial charge in [0.15, 0.2) is 11.5 Å². The van der Waals surface area contributed by atoms with Gasteiger partial charge in [-0.1, -0.05) is 71.7 Å². The summed E-state index contributed by atoms with van der Waals surface area (Å²) in [6.45, 7) is 0. The summed E-state index contributed by atoms with van der Waals surface area (Å²) < 4.78 is 10.6. The third-order valence-electron chi connectivity index (χ3n) is 5.39. The maximum atomic E-state index is 13.2. The number of nitrogens with zero attached hydrogens (tertiary/aromatic N) is 1. The number of rotatable bonds is 5. The first-order valence-electron chi connectivity index (χ1n) is 9.92. The van der Waals surface area contributed by atoms with E-state index in [1.165, 1.54) is 25.2 Å². The lowest BCUT2D eigenvalue weighted by Crippen LogP contribution is -2.29. The zero-order chi connectivity index (χ0) is 23.7. The molecule has 0 aliphatic carbocycles. The number of halogens is 2. The quantitative estimate of drug-likeness (QED) is 0.288. The van der Waals surface area contributed by atoms with Crippen molar-refractivity contribution in [2.75, 3.05) is 19.1 Å². The standard InChI is InChI=1S/C25H19Cl2NO5/c1-32-23-16(13-17(26)24(33-2)19(23)27)21(29)18-20(14-9-5-3-6-10-14)28(25(31)22(18)30)15-11-7-4-8-12-15/h3-13,20,29H,1-2H3/b21-18+. The molecule has 8 heteroatoms. The summed E-state index contributed by atoms with van der Waals surface area (Å²) in [6, 6.07) is 18.3. The fourth-order valence-corrected chi connectivity index (χ4v) is 4.62. The molecule has 1 atom stereocenters. The number of Topliss-reactive ketones (excluding diaryl/α,β-unsaturated/α-hetero) is 1. The third-order valence-corrected chi connectivity index (χ3v) is 6.01. The number of benzene rings is 3. The van der Waals surface area contributed by atoms with Crippen LogP contribution in [0.5, 0.6) is 11.5 Å². The molecule has 0 bridgehead atoms. The molecule has 1 amide bonds. The maximum absolute atomic E-state index is 13.2. The number of aliphatic hydroxyl groups excluding tert-OH is 1. The number of amides is 1. The Morgan fingerprint density at radius 3 is 2.06 bits per heavy atom. The Kier molecular flexibility index (Phi) is 6.31. The highest BCUT2D eigenvalue weighted by atomic mass is 35.5. The van der Waals surface area contributed by atoms with Crippen LogP contribution >= 0.6 is 23.2 Å². The van der Waals surface area contributed by atoms with Gasteiger partial charge in [0.1, 0.15) is 10.8 Å². The second-order valence-electron chi connectivity index (χ2n) is 7.20. The molecule has 6 nitrogen and oxygen atoms in total. The van der Waals surface area contributed by atoms with Gasteiger partial charge in [-0.25, -0.2) is 0 Å². The molecule has 1 heterocycles. The molecule has 0 aromatic heterocycles. The van der Waals surface area contributed by atoms with E-state index < -0.39 is 23.5 Å². The number of hydrogen-bond donors (Lipinski definition) is 1. The van der Waals surface area contributed by atoms with E-state index in [1.54, 1.807) is 48.5 Å². The zero-order valence-electron chi connectivity index (χ0n) is 17.7. The topological polar surface area (TPSA) is 76.1 Å². The van der Waals surface area contributed by atoms with E-state index in [-0.39, 0.29) is 32.7 Å². The number of carbonyl (C=O) groups is 2. The molecule has 1 aliphatic heterocycles. The Morgan fingerprint density at radius 1 is 0.909 bits per heavy atom. The van der Waals surface area contributed by atoms with Gasteiger partial charge in [0.2, 0.25) is 0 Å². The molecule has 4 rings (SSSR count). The van der Waals surface area contributed by atoms with Crippen LogP contribution in [0, 0.1) is 0 Å². The van der Waals surface area contributed by atoms with Crippen LogP contribution < -0.4 is 14.4 Å². The first kappa shape index (κ1) is 22.7. The molecule has 0 saturated carbocycles. The van der Waals surface area contributed by atoms with Crippen LogP contribution in [0.2, 0.25) is 10.0 Å². The number of carbonyl (C=O) groups excluding carboxylic acids is 2. The van der Waals surface area contributed by atoms with Crippen LogP contribution in [0.25, 0.3) is 5.76 Å². The first-order chi connectivity index (χ1) is 15.9. The highest BCUT2D eigenvalue weighted by Gasteiger charge is 2.47. The van der Waals surface area contributed by atoms with Crippen molar-refractivity contribution in [1.29, 1.82) is 0 Å². The summed E-state index contributed by atoms with van der Waals surface area (Å²) in [5.74, 6) is -1.83. The molecule has 0 radical (unpaired) electrons. The molecular weight excluding hydrogens is 465 g/mol. The molecule has 1 aliphatic rings. The molecule has 1 fully saturated rings. The number of hydrogen-bond acceptors (Lipinski definition) is 5. The minimum atomic E-state index is -0.877. The SMILES string of the molecule is COc1c(Cl)cc(/C(O)=C2\C(=O)C(=O)N(c3ccccc3)C2c2ccccc2)c(OC)c1Cl. The monoisotopic (exact) mass is 483 g/mol. The summed E-state index contributed by atoms with van der Waals surface area (Å²) in [6.07, 6.45) is 0. The molecule has 3 aromatic rings. The lowest BCUT2D eigenvalue weighted by molar-refractivity contribution is -0.132. The number of methoxy groups -OCH3 is 2. The normalized spacial score (nSPS) is 17.3. The van der Waals surface area contributed by atoms with Gasteiger partial charge in [0.05, 0.1) is 36.4 Å². The van der Waals surface area contributed by atoms with Crippen LogP contribution in [0.3, 0.4) is 0 Å². The van der Waals surface area contributed by atoms with Crippen molar-refractivity contribution in [1.82, 2.24) is 0 Å². The van der Waals surface area contributed by atoms with Gasteiger partial charge in [-0.2, -0.15) is 0 Å². The van der Waals surface area contributed by atoms with Gasteiger partial charge in [-0.15, -0.1) is 0 Å². The lowest BCUT2D eigenvalue weighted by atomic mass is 9.94. The largest absolute Gasteiger partial charge is 0.507 e. The van der Waals surface area contributed by atoms with Crippen molar-refractivity contribution in [3.05, 3.63) is 93.5 Å². The van der Waals surface area contributed by atoms with E-state index in [2.05, 4.69) is 0 Å². The predicted molar refractivity (Wildman–Crippen MR) is 127 cm³/mol. The van der Waals surface area contributed by atoms with Crippen LogP contribution in [-0.4, -0.2) is 31.0 Å². The first-order valence-corrected chi connectivity index (χ1v) is 10.7. The Labute approximate surface area is 200 Å². The lowest BCUT2D eigenvalue weighted by Gasteiger charge is -2.25.